The van der Waals surface area contributed by atoms with E-state index in [1.54, 1.807) is 31.3 Å². The second kappa shape index (κ2) is 9.13. The molecule has 0 radical (unpaired) electrons. The fourth-order valence-corrected chi connectivity index (χ4v) is 5.37. The molecule has 0 saturated carbocycles. The summed E-state index contributed by atoms with van der Waals surface area (Å²) in [6.45, 7) is 8.57. The maximum atomic E-state index is 15.5. The van der Waals surface area contributed by atoms with Crippen molar-refractivity contribution in [1.29, 1.82) is 0 Å². The second-order valence-electron chi connectivity index (χ2n) is 8.91. The molecule has 0 unspecified atom stereocenters. The smallest absolute Gasteiger partial charge is 0.354 e. The van der Waals surface area contributed by atoms with Crippen molar-refractivity contribution in [3.8, 4) is 16.9 Å². The highest BCUT2D eigenvalue weighted by Gasteiger charge is 2.26. The van der Waals surface area contributed by atoms with Gasteiger partial charge in [-0.1, -0.05) is 19.9 Å². The third-order valence-corrected chi connectivity index (χ3v) is 7.25. The van der Waals surface area contributed by atoms with Crippen LogP contribution in [0.1, 0.15) is 36.7 Å². The van der Waals surface area contributed by atoms with Crippen molar-refractivity contribution in [3.05, 3.63) is 75.6 Å². The lowest BCUT2D eigenvalue weighted by molar-refractivity contribution is 0.0455. The first-order valence-electron chi connectivity index (χ1n) is 11.3. The van der Waals surface area contributed by atoms with Crippen molar-refractivity contribution >= 4 is 22.8 Å². The standard InChI is InChI=1S/C26H24F2N4O2S/c1-13(2)22-24(14(3)8-9-29-22)32-25-17(15(4)30-26(32)33)10-19(28)23(31-25)21-18(27)6-5-7-20(21)35-16-11-34-12-16/h5-10,13,16H,11-12H2,1-4H3. The number of pyridine rings is 2. The van der Waals surface area contributed by atoms with Crippen LogP contribution in [0.15, 0.2) is 46.2 Å². The molecule has 1 aliphatic rings. The van der Waals surface area contributed by atoms with E-state index in [-0.39, 0.29) is 28.1 Å². The molecule has 1 fully saturated rings. The van der Waals surface area contributed by atoms with Gasteiger partial charge in [-0.25, -0.2) is 23.1 Å². The monoisotopic (exact) mass is 494 g/mol. The predicted octanol–water partition coefficient (Wildman–Crippen LogP) is 5.35. The molecule has 9 heteroatoms. The Kier molecular flexibility index (Phi) is 6.14. The van der Waals surface area contributed by atoms with Crippen LogP contribution in [-0.2, 0) is 4.74 Å². The van der Waals surface area contributed by atoms with E-state index in [1.165, 1.54) is 28.5 Å². The highest BCUT2D eigenvalue weighted by Crippen LogP contribution is 2.39. The summed E-state index contributed by atoms with van der Waals surface area (Å²) in [4.78, 5) is 27.0. The van der Waals surface area contributed by atoms with Crippen molar-refractivity contribution in [2.45, 2.75) is 43.8 Å². The molecule has 5 rings (SSSR count). The molecule has 0 aliphatic carbocycles. The lowest BCUT2D eigenvalue weighted by Gasteiger charge is -2.26. The number of halogens is 2. The van der Waals surface area contributed by atoms with E-state index >= 15 is 8.78 Å². The third kappa shape index (κ3) is 4.12. The molecule has 35 heavy (non-hydrogen) atoms. The van der Waals surface area contributed by atoms with Gasteiger partial charge in [0.05, 0.1) is 41.1 Å². The van der Waals surface area contributed by atoms with Crippen molar-refractivity contribution < 1.29 is 13.5 Å². The lowest BCUT2D eigenvalue weighted by Crippen LogP contribution is -2.30. The molecule has 6 nitrogen and oxygen atoms in total. The van der Waals surface area contributed by atoms with Gasteiger partial charge < -0.3 is 4.74 Å². The average molecular weight is 495 g/mol. The summed E-state index contributed by atoms with van der Waals surface area (Å²) in [5.41, 5.74) is 1.99. The summed E-state index contributed by atoms with van der Waals surface area (Å²) in [5.74, 6) is -1.26. The number of fused-ring (bicyclic) bond motifs is 1. The molecule has 3 aromatic heterocycles. The number of nitrogens with zero attached hydrogens (tertiary/aromatic N) is 4. The minimum Gasteiger partial charge on any atom is -0.379 e. The number of aryl methyl sites for hydroxylation is 2. The van der Waals surface area contributed by atoms with Crippen LogP contribution in [0.3, 0.4) is 0 Å². The Morgan fingerprint density at radius 3 is 2.57 bits per heavy atom. The van der Waals surface area contributed by atoms with Gasteiger partial charge in [0, 0.05) is 16.5 Å². The van der Waals surface area contributed by atoms with Gasteiger partial charge in [-0.3, -0.25) is 4.98 Å². The van der Waals surface area contributed by atoms with Gasteiger partial charge in [0.25, 0.3) is 0 Å². The summed E-state index contributed by atoms with van der Waals surface area (Å²) >= 11 is 1.43. The fourth-order valence-electron chi connectivity index (χ4n) is 4.22. The van der Waals surface area contributed by atoms with E-state index in [9.17, 15) is 4.79 Å². The first-order chi connectivity index (χ1) is 16.8. The zero-order valence-corrected chi connectivity index (χ0v) is 20.6. The van der Waals surface area contributed by atoms with Gasteiger partial charge in [0.1, 0.15) is 17.3 Å². The van der Waals surface area contributed by atoms with Crippen LogP contribution in [0, 0.1) is 25.5 Å². The molecule has 4 aromatic rings. The molecule has 1 aromatic carbocycles. The van der Waals surface area contributed by atoms with Crippen LogP contribution in [0.4, 0.5) is 8.78 Å². The van der Waals surface area contributed by atoms with Crippen LogP contribution in [0.25, 0.3) is 28.0 Å². The number of benzene rings is 1. The van der Waals surface area contributed by atoms with E-state index in [1.807, 2.05) is 20.8 Å². The Hall–Kier alpha value is -3.17. The molecule has 180 valence electrons. The summed E-state index contributed by atoms with van der Waals surface area (Å²) in [7, 11) is 0. The van der Waals surface area contributed by atoms with Crippen LogP contribution >= 0.6 is 11.8 Å². The van der Waals surface area contributed by atoms with E-state index in [0.29, 0.717) is 40.6 Å². The Morgan fingerprint density at radius 1 is 1.11 bits per heavy atom. The van der Waals surface area contributed by atoms with Crippen molar-refractivity contribution in [2.24, 2.45) is 0 Å². The summed E-state index contributed by atoms with van der Waals surface area (Å²) in [5, 5.41) is 0.539. The number of rotatable bonds is 5. The zero-order chi connectivity index (χ0) is 24.9. The van der Waals surface area contributed by atoms with Gasteiger partial charge >= 0.3 is 5.69 Å². The zero-order valence-electron chi connectivity index (χ0n) is 19.8. The van der Waals surface area contributed by atoms with Gasteiger partial charge in [0.15, 0.2) is 5.65 Å². The highest BCUT2D eigenvalue weighted by molar-refractivity contribution is 8.00. The maximum absolute atomic E-state index is 15.5. The molecule has 0 N–H and O–H groups in total. The van der Waals surface area contributed by atoms with Crippen LogP contribution in [0.5, 0.6) is 0 Å². The van der Waals surface area contributed by atoms with E-state index in [4.69, 9.17) is 4.74 Å². The molecule has 0 atom stereocenters. The summed E-state index contributed by atoms with van der Waals surface area (Å²) in [6.07, 6.45) is 1.69. The van der Waals surface area contributed by atoms with Crippen molar-refractivity contribution in [2.75, 3.05) is 13.2 Å². The number of thioether (sulfide) groups is 1. The molecular formula is C26H24F2N4O2S. The Balaban J connectivity index is 1.83. The molecule has 0 amide bonds. The van der Waals surface area contributed by atoms with E-state index in [0.717, 1.165) is 5.56 Å². The van der Waals surface area contributed by atoms with Crippen LogP contribution in [0.2, 0.25) is 0 Å². The molecule has 4 heterocycles. The Labute approximate surface area is 205 Å². The molecule has 1 aliphatic heterocycles. The quantitative estimate of drug-likeness (QED) is 0.372. The second-order valence-corrected chi connectivity index (χ2v) is 10.3. The van der Waals surface area contributed by atoms with E-state index < -0.39 is 17.3 Å². The molecule has 0 bridgehead atoms. The topological polar surface area (TPSA) is 69.9 Å². The van der Waals surface area contributed by atoms with Crippen LogP contribution in [-0.4, -0.2) is 38.0 Å². The van der Waals surface area contributed by atoms with Gasteiger partial charge in [0.2, 0.25) is 0 Å². The summed E-state index contributed by atoms with van der Waals surface area (Å²) in [6, 6.07) is 7.71. The van der Waals surface area contributed by atoms with Crippen molar-refractivity contribution in [1.82, 2.24) is 19.5 Å². The first-order valence-corrected chi connectivity index (χ1v) is 12.2. The average Bonchev–Trinajstić information content (AvgIpc) is 2.77. The molecular weight excluding hydrogens is 470 g/mol. The molecule has 0 spiro atoms. The summed E-state index contributed by atoms with van der Waals surface area (Å²) < 4.78 is 37.3. The SMILES string of the molecule is Cc1ccnc(C(C)C)c1-n1c(=O)nc(C)c2cc(F)c(-c3c(F)cccc3SC3COC3)nc21. The maximum Gasteiger partial charge on any atom is 0.354 e. The number of hydrogen-bond acceptors (Lipinski definition) is 6. The lowest BCUT2D eigenvalue weighted by atomic mass is 10.0. The number of aromatic nitrogens is 4. The van der Waals surface area contributed by atoms with Crippen molar-refractivity contribution in [3.63, 3.8) is 0 Å². The van der Waals surface area contributed by atoms with Crippen LogP contribution < -0.4 is 5.69 Å². The largest absolute Gasteiger partial charge is 0.379 e. The third-order valence-electron chi connectivity index (χ3n) is 6.05. The molecule has 1 saturated heterocycles. The minimum atomic E-state index is -0.684. The van der Waals surface area contributed by atoms with Gasteiger partial charge in [-0.05, 0) is 49.6 Å². The Morgan fingerprint density at radius 2 is 1.89 bits per heavy atom. The number of hydrogen-bond donors (Lipinski definition) is 0. The normalized spacial score (nSPS) is 14.0. The van der Waals surface area contributed by atoms with Gasteiger partial charge in [-0.15, -0.1) is 11.8 Å². The van der Waals surface area contributed by atoms with Gasteiger partial charge in [-0.2, -0.15) is 4.98 Å². The number of ether oxygens (including phenoxy) is 1. The van der Waals surface area contributed by atoms with E-state index in [2.05, 4.69) is 15.0 Å². The first kappa shape index (κ1) is 23.6. The minimum absolute atomic E-state index is 0.00679. The fraction of sp³-hybridized carbons (Fsp3) is 0.308. The predicted molar refractivity (Wildman–Crippen MR) is 132 cm³/mol. The highest BCUT2D eigenvalue weighted by atomic mass is 32.2. The Bertz CT molecular complexity index is 1520.